The van der Waals surface area contributed by atoms with Gasteiger partial charge >= 0.3 is 12.1 Å². The first kappa shape index (κ1) is 27.8. The zero-order valence-electron chi connectivity index (χ0n) is 20.7. The van der Waals surface area contributed by atoms with Crippen LogP contribution in [-0.4, -0.2) is 56.7 Å². The van der Waals surface area contributed by atoms with E-state index in [-0.39, 0.29) is 42.2 Å². The Balaban J connectivity index is 1.56. The Bertz CT molecular complexity index is 1560. The van der Waals surface area contributed by atoms with E-state index in [1.54, 1.807) is 0 Å². The van der Waals surface area contributed by atoms with Crippen LogP contribution >= 0.6 is 0 Å². The lowest BCUT2D eigenvalue weighted by Crippen LogP contribution is -2.48. The number of fused-ring (bicyclic) bond motifs is 1. The quantitative estimate of drug-likeness (QED) is 0.411. The molecule has 0 aliphatic carbocycles. The summed E-state index contributed by atoms with van der Waals surface area (Å²) in [5.41, 5.74) is -1.21. The summed E-state index contributed by atoms with van der Waals surface area (Å²) >= 11 is 0. The molecule has 3 aromatic rings. The fourth-order valence-electron chi connectivity index (χ4n) is 4.97. The fourth-order valence-corrected chi connectivity index (χ4v) is 6.51. The van der Waals surface area contributed by atoms with E-state index in [1.165, 1.54) is 18.2 Å². The number of hydrogen-bond acceptors (Lipinski definition) is 5. The summed E-state index contributed by atoms with van der Waals surface area (Å²) in [7, 11) is -4.59. The summed E-state index contributed by atoms with van der Waals surface area (Å²) < 4.78 is 103. The maximum absolute atomic E-state index is 14.5. The van der Waals surface area contributed by atoms with Gasteiger partial charge in [0.1, 0.15) is 23.5 Å². The highest BCUT2D eigenvalue weighted by atomic mass is 32.2. The third-order valence-corrected chi connectivity index (χ3v) is 8.74. The molecular formula is C27H23F5N2O5S. The topological polar surface area (TPSA) is 87.2 Å². The number of sulfonamides is 1. The monoisotopic (exact) mass is 582 g/mol. The van der Waals surface area contributed by atoms with Crippen molar-refractivity contribution in [2.45, 2.75) is 23.6 Å². The van der Waals surface area contributed by atoms with Gasteiger partial charge in [-0.3, -0.25) is 14.0 Å². The van der Waals surface area contributed by atoms with Gasteiger partial charge in [-0.05, 0) is 67.1 Å². The van der Waals surface area contributed by atoms with Crippen molar-refractivity contribution in [3.63, 3.8) is 0 Å². The Morgan fingerprint density at radius 3 is 2.50 bits per heavy atom. The number of alkyl halides is 3. The molecule has 2 aliphatic rings. The lowest BCUT2D eigenvalue weighted by Gasteiger charge is -2.37. The molecule has 212 valence electrons. The minimum Gasteiger partial charge on any atom is -0.485 e. The number of nitrogens with zero attached hydrogens (tertiary/aromatic N) is 2. The van der Waals surface area contributed by atoms with E-state index in [2.05, 4.69) is 0 Å². The van der Waals surface area contributed by atoms with Crippen LogP contribution in [-0.2, 0) is 21.0 Å². The molecule has 13 heteroatoms. The molecule has 0 spiro atoms. The standard InChI is InChI=1S/C27H23F5N2O5S/c28-19-5-6-23(29)22(12-19)16-4-7-25-24(10-16)34(15-20(39-25)14-33-9-8-17(13-33)26(35)36)40(37,38)21-3-1-2-18(11-21)27(30,31)32/h1-7,10-12,17,20H,8-9,13-15H2,(H,35,36)/t17?,20-/m0/s1. The molecule has 2 heterocycles. The van der Waals surface area contributed by atoms with Crippen molar-refractivity contribution in [3.05, 3.63) is 77.9 Å². The van der Waals surface area contributed by atoms with E-state index < -0.39 is 56.3 Å². The number of carboxylic acid groups (broad SMARTS) is 1. The number of anilines is 1. The Morgan fingerprint density at radius 1 is 1.02 bits per heavy atom. The van der Waals surface area contributed by atoms with E-state index in [0.29, 0.717) is 19.0 Å². The van der Waals surface area contributed by atoms with Crippen LogP contribution in [0.1, 0.15) is 12.0 Å². The van der Waals surface area contributed by atoms with E-state index in [9.17, 15) is 40.3 Å². The summed E-state index contributed by atoms with van der Waals surface area (Å²) in [4.78, 5) is 12.6. The smallest absolute Gasteiger partial charge is 0.416 e. The van der Waals surface area contributed by atoms with Gasteiger partial charge in [-0.1, -0.05) is 12.1 Å². The Labute approximate surface area is 226 Å². The zero-order valence-corrected chi connectivity index (χ0v) is 21.6. The number of rotatable bonds is 6. The first-order valence-corrected chi connectivity index (χ1v) is 13.7. The van der Waals surface area contributed by atoms with Crippen molar-refractivity contribution in [2.24, 2.45) is 5.92 Å². The first-order chi connectivity index (χ1) is 18.8. The summed E-state index contributed by atoms with van der Waals surface area (Å²) in [6, 6.07) is 10.2. The van der Waals surface area contributed by atoms with Crippen molar-refractivity contribution in [1.82, 2.24) is 4.90 Å². The van der Waals surface area contributed by atoms with Crippen LogP contribution in [0.2, 0.25) is 0 Å². The van der Waals surface area contributed by atoms with Gasteiger partial charge in [0.05, 0.1) is 28.6 Å². The van der Waals surface area contributed by atoms with Gasteiger partial charge in [-0.25, -0.2) is 17.2 Å². The van der Waals surface area contributed by atoms with E-state index >= 15 is 0 Å². The van der Waals surface area contributed by atoms with Crippen LogP contribution in [0, 0.1) is 17.6 Å². The predicted octanol–water partition coefficient (Wildman–Crippen LogP) is 5.01. The zero-order chi connectivity index (χ0) is 28.8. The SMILES string of the molecule is O=C(O)C1CCN(C[C@H]2CN(S(=O)(=O)c3cccc(C(F)(F)F)c3)c3cc(-c4cc(F)ccc4F)ccc3O2)C1. The molecule has 2 atom stereocenters. The molecule has 0 amide bonds. The molecule has 40 heavy (non-hydrogen) atoms. The number of hydrogen-bond donors (Lipinski definition) is 1. The third-order valence-electron chi connectivity index (χ3n) is 6.96. The molecule has 1 saturated heterocycles. The van der Waals surface area contributed by atoms with Gasteiger partial charge < -0.3 is 9.84 Å². The van der Waals surface area contributed by atoms with Crippen LogP contribution in [0.4, 0.5) is 27.6 Å². The lowest BCUT2D eigenvalue weighted by atomic mass is 10.0. The molecule has 0 bridgehead atoms. The van der Waals surface area contributed by atoms with Gasteiger partial charge in [-0.15, -0.1) is 0 Å². The van der Waals surface area contributed by atoms with Crippen LogP contribution < -0.4 is 9.04 Å². The second kappa shape index (κ2) is 10.4. The number of aliphatic carboxylic acids is 1. The molecule has 1 N–H and O–H groups in total. The van der Waals surface area contributed by atoms with Crippen molar-refractivity contribution in [2.75, 3.05) is 30.5 Å². The highest BCUT2D eigenvalue weighted by Gasteiger charge is 2.39. The molecule has 1 unspecified atom stereocenters. The molecule has 0 aromatic heterocycles. The normalized spacial score (nSPS) is 19.8. The van der Waals surface area contributed by atoms with Crippen molar-refractivity contribution in [3.8, 4) is 16.9 Å². The maximum Gasteiger partial charge on any atom is 0.416 e. The third kappa shape index (κ3) is 5.48. The minimum absolute atomic E-state index is 0.0559. The van der Waals surface area contributed by atoms with Gasteiger partial charge in [0.25, 0.3) is 10.0 Å². The molecule has 0 radical (unpaired) electrons. The molecule has 2 aliphatic heterocycles. The molecule has 7 nitrogen and oxygen atoms in total. The minimum atomic E-state index is -4.78. The maximum atomic E-state index is 14.5. The second-order valence-electron chi connectivity index (χ2n) is 9.69. The predicted molar refractivity (Wildman–Crippen MR) is 134 cm³/mol. The number of halogens is 5. The highest BCUT2D eigenvalue weighted by Crippen LogP contribution is 2.41. The van der Waals surface area contributed by atoms with Crippen molar-refractivity contribution >= 4 is 21.7 Å². The highest BCUT2D eigenvalue weighted by molar-refractivity contribution is 7.92. The first-order valence-electron chi connectivity index (χ1n) is 12.2. The van der Waals surface area contributed by atoms with Crippen LogP contribution in [0.3, 0.4) is 0 Å². The summed E-state index contributed by atoms with van der Waals surface area (Å²) in [6.07, 6.45) is -5.17. The summed E-state index contributed by atoms with van der Waals surface area (Å²) in [5.74, 6) is -2.93. The number of ether oxygens (including phenoxy) is 1. The van der Waals surface area contributed by atoms with Crippen molar-refractivity contribution < 1.29 is 45.0 Å². The fraction of sp³-hybridized carbons (Fsp3) is 0.296. The van der Waals surface area contributed by atoms with Crippen LogP contribution in [0.5, 0.6) is 5.75 Å². The Kier molecular flexibility index (Phi) is 7.21. The van der Waals surface area contributed by atoms with Gasteiger partial charge in [-0.2, -0.15) is 13.2 Å². The number of carboxylic acids is 1. The van der Waals surface area contributed by atoms with Gasteiger partial charge in [0.15, 0.2) is 0 Å². The molecule has 5 rings (SSSR count). The molecular weight excluding hydrogens is 559 g/mol. The van der Waals surface area contributed by atoms with Gasteiger partial charge in [0.2, 0.25) is 0 Å². The number of carbonyl (C=O) groups is 1. The average Bonchev–Trinajstić information content (AvgIpc) is 3.38. The summed E-state index contributed by atoms with van der Waals surface area (Å²) in [5, 5.41) is 9.30. The van der Waals surface area contributed by atoms with Crippen LogP contribution in [0.15, 0.2) is 65.6 Å². The molecule has 1 fully saturated rings. The van der Waals surface area contributed by atoms with E-state index in [1.807, 2.05) is 4.90 Å². The average molecular weight is 583 g/mol. The molecule has 3 aromatic carbocycles. The molecule has 0 saturated carbocycles. The Morgan fingerprint density at radius 2 is 1.80 bits per heavy atom. The lowest BCUT2D eigenvalue weighted by molar-refractivity contribution is -0.141. The number of likely N-dealkylation sites (tertiary alicyclic amines) is 1. The van der Waals surface area contributed by atoms with Crippen molar-refractivity contribution in [1.29, 1.82) is 0 Å². The second-order valence-corrected chi connectivity index (χ2v) is 11.6. The van der Waals surface area contributed by atoms with E-state index in [0.717, 1.165) is 40.7 Å². The summed E-state index contributed by atoms with van der Waals surface area (Å²) in [6.45, 7) is 0.537. The largest absolute Gasteiger partial charge is 0.485 e. The Hall–Kier alpha value is -3.71. The van der Waals surface area contributed by atoms with E-state index in [4.69, 9.17) is 4.74 Å². The number of benzene rings is 3. The van der Waals surface area contributed by atoms with Gasteiger partial charge in [0, 0.05) is 18.7 Å². The van der Waals surface area contributed by atoms with Crippen LogP contribution in [0.25, 0.3) is 11.1 Å².